The number of para-hydroxylation sites is 1. The van der Waals surface area contributed by atoms with Crippen LogP contribution in [0.2, 0.25) is 5.02 Å². The summed E-state index contributed by atoms with van der Waals surface area (Å²) < 4.78 is 60.3. The van der Waals surface area contributed by atoms with E-state index in [-0.39, 0.29) is 22.0 Å². The molecule has 29 heavy (non-hydrogen) atoms. The van der Waals surface area contributed by atoms with Crippen molar-refractivity contribution >= 4 is 17.5 Å². The Hall–Kier alpha value is -3.13. The average Bonchev–Trinajstić information content (AvgIpc) is 2.64. The number of nitrogens with two attached hydrogens (primary N) is 1. The van der Waals surface area contributed by atoms with E-state index in [4.69, 9.17) is 22.1 Å². The smallest absolute Gasteiger partial charge is 0.417 e. The van der Waals surface area contributed by atoms with E-state index in [2.05, 4.69) is 4.98 Å². The zero-order chi connectivity index (χ0) is 21.3. The second-order valence-electron chi connectivity index (χ2n) is 6.09. The SMILES string of the molecule is Cc1ccc(-c2cc(C(F)(F)F)c(C(N)=O)c(Oc3ccccc3Cl)n2)cc1F. The molecule has 0 unspecified atom stereocenters. The lowest BCUT2D eigenvalue weighted by Crippen LogP contribution is -2.21. The Morgan fingerprint density at radius 2 is 1.83 bits per heavy atom. The first kappa shape index (κ1) is 20.6. The normalized spacial score (nSPS) is 11.4. The van der Waals surface area contributed by atoms with Crippen LogP contribution in [0, 0.1) is 12.7 Å². The van der Waals surface area contributed by atoms with Gasteiger partial charge in [-0.2, -0.15) is 13.2 Å². The molecule has 1 aromatic heterocycles. The van der Waals surface area contributed by atoms with Crippen LogP contribution in [0.25, 0.3) is 11.3 Å². The number of aromatic nitrogens is 1. The number of nitrogens with zero attached hydrogens (tertiary/aromatic N) is 1. The lowest BCUT2D eigenvalue weighted by Gasteiger charge is -2.17. The molecule has 0 bridgehead atoms. The minimum Gasteiger partial charge on any atom is -0.437 e. The van der Waals surface area contributed by atoms with E-state index in [9.17, 15) is 22.4 Å². The van der Waals surface area contributed by atoms with Gasteiger partial charge in [-0.15, -0.1) is 0 Å². The summed E-state index contributed by atoms with van der Waals surface area (Å²) in [7, 11) is 0. The number of carbonyl (C=O) groups excluding carboxylic acids is 1. The molecule has 3 aromatic rings. The van der Waals surface area contributed by atoms with Crippen LogP contribution in [0.5, 0.6) is 11.6 Å². The molecule has 0 saturated heterocycles. The van der Waals surface area contributed by atoms with Crippen molar-refractivity contribution < 1.29 is 27.1 Å². The van der Waals surface area contributed by atoms with Gasteiger partial charge in [-0.3, -0.25) is 4.79 Å². The topological polar surface area (TPSA) is 65.2 Å². The van der Waals surface area contributed by atoms with Gasteiger partial charge >= 0.3 is 6.18 Å². The maximum atomic E-state index is 13.9. The highest BCUT2D eigenvalue weighted by Crippen LogP contribution is 2.40. The number of benzene rings is 2. The Kier molecular flexibility index (Phi) is 5.48. The van der Waals surface area contributed by atoms with Crippen LogP contribution >= 0.6 is 11.6 Å². The molecular formula is C20H13ClF4N2O2. The first-order chi connectivity index (χ1) is 13.6. The van der Waals surface area contributed by atoms with Crippen LogP contribution in [-0.4, -0.2) is 10.9 Å². The number of halogens is 5. The summed E-state index contributed by atoms with van der Waals surface area (Å²) in [6.07, 6.45) is -4.94. The van der Waals surface area contributed by atoms with Gasteiger partial charge in [-0.25, -0.2) is 9.37 Å². The van der Waals surface area contributed by atoms with Gasteiger partial charge in [0.1, 0.15) is 17.1 Å². The van der Waals surface area contributed by atoms with Crippen molar-refractivity contribution in [3.05, 3.63) is 76.1 Å². The fourth-order valence-electron chi connectivity index (χ4n) is 2.59. The fraction of sp³-hybridized carbons (Fsp3) is 0.100. The van der Waals surface area contributed by atoms with Crippen LogP contribution in [0.4, 0.5) is 17.6 Å². The van der Waals surface area contributed by atoms with Gasteiger partial charge in [0.15, 0.2) is 0 Å². The maximum Gasteiger partial charge on any atom is 0.417 e. The summed E-state index contributed by atoms with van der Waals surface area (Å²) in [5, 5.41) is 0.0880. The van der Waals surface area contributed by atoms with Crippen LogP contribution < -0.4 is 10.5 Å². The third kappa shape index (κ3) is 4.32. The molecule has 0 aliphatic heterocycles. The molecule has 2 N–H and O–H groups in total. The largest absolute Gasteiger partial charge is 0.437 e. The summed E-state index contributed by atoms with van der Waals surface area (Å²) >= 11 is 5.99. The lowest BCUT2D eigenvalue weighted by atomic mass is 10.0. The number of pyridine rings is 1. The highest BCUT2D eigenvalue weighted by atomic mass is 35.5. The molecule has 150 valence electrons. The predicted molar refractivity (Wildman–Crippen MR) is 99.4 cm³/mol. The number of rotatable bonds is 4. The Labute approximate surface area is 167 Å². The van der Waals surface area contributed by atoms with Gasteiger partial charge in [-0.1, -0.05) is 35.9 Å². The number of primary amides is 1. The molecule has 1 heterocycles. The van der Waals surface area contributed by atoms with E-state index in [0.717, 1.165) is 6.07 Å². The predicted octanol–water partition coefficient (Wildman–Crippen LogP) is 5.76. The van der Waals surface area contributed by atoms with Crippen LogP contribution in [0.1, 0.15) is 21.5 Å². The number of carbonyl (C=O) groups is 1. The summed E-state index contributed by atoms with van der Waals surface area (Å²) in [5.41, 5.74) is 3.02. The number of amides is 1. The summed E-state index contributed by atoms with van der Waals surface area (Å²) in [4.78, 5) is 15.8. The van der Waals surface area contributed by atoms with E-state index in [1.165, 1.54) is 37.3 Å². The van der Waals surface area contributed by atoms with Crippen molar-refractivity contribution in [1.82, 2.24) is 4.98 Å². The molecule has 0 saturated carbocycles. The molecule has 0 aliphatic rings. The zero-order valence-electron chi connectivity index (χ0n) is 14.8. The van der Waals surface area contributed by atoms with Gasteiger partial charge in [0, 0.05) is 5.56 Å². The van der Waals surface area contributed by atoms with Crippen molar-refractivity contribution in [3.63, 3.8) is 0 Å². The van der Waals surface area contributed by atoms with E-state index in [1.54, 1.807) is 6.07 Å². The Morgan fingerprint density at radius 1 is 1.14 bits per heavy atom. The lowest BCUT2D eigenvalue weighted by molar-refractivity contribution is -0.138. The first-order valence-corrected chi connectivity index (χ1v) is 8.56. The third-order valence-electron chi connectivity index (χ3n) is 4.05. The van der Waals surface area contributed by atoms with Gasteiger partial charge in [0.05, 0.1) is 16.3 Å². The first-order valence-electron chi connectivity index (χ1n) is 8.19. The molecule has 0 atom stereocenters. The number of hydrogen-bond acceptors (Lipinski definition) is 3. The van der Waals surface area contributed by atoms with E-state index in [0.29, 0.717) is 11.6 Å². The Balaban J connectivity index is 2.27. The van der Waals surface area contributed by atoms with Crippen molar-refractivity contribution in [2.45, 2.75) is 13.1 Å². The maximum absolute atomic E-state index is 13.9. The second kappa shape index (κ2) is 7.71. The fourth-order valence-corrected chi connectivity index (χ4v) is 2.76. The van der Waals surface area contributed by atoms with Crippen LogP contribution in [0.15, 0.2) is 48.5 Å². The molecule has 0 fully saturated rings. The molecule has 2 aromatic carbocycles. The number of hydrogen-bond donors (Lipinski definition) is 1. The minimum absolute atomic E-state index is 0.0236. The van der Waals surface area contributed by atoms with Gasteiger partial charge in [0.25, 0.3) is 5.91 Å². The van der Waals surface area contributed by atoms with Crippen molar-refractivity contribution in [1.29, 1.82) is 0 Å². The van der Waals surface area contributed by atoms with Gasteiger partial charge in [-0.05, 0) is 36.8 Å². The number of aryl methyl sites for hydroxylation is 1. The quantitative estimate of drug-likeness (QED) is 0.541. The summed E-state index contributed by atoms with van der Waals surface area (Å²) in [5.74, 6) is -2.71. The minimum atomic E-state index is -4.94. The highest BCUT2D eigenvalue weighted by Gasteiger charge is 2.38. The van der Waals surface area contributed by atoms with Crippen molar-refractivity contribution in [2.24, 2.45) is 5.73 Å². The second-order valence-corrected chi connectivity index (χ2v) is 6.50. The Morgan fingerprint density at radius 3 is 2.41 bits per heavy atom. The third-order valence-corrected chi connectivity index (χ3v) is 4.36. The summed E-state index contributed by atoms with van der Waals surface area (Å²) in [6, 6.07) is 10.4. The van der Waals surface area contributed by atoms with E-state index >= 15 is 0 Å². The standard InChI is InChI=1S/C20H13ClF4N2O2/c1-10-6-7-11(8-14(10)22)15-9-12(20(23,24)25)17(18(26)28)19(27-15)29-16-5-3-2-4-13(16)21/h2-9H,1H3,(H2,26,28). The number of ether oxygens (including phenoxy) is 1. The monoisotopic (exact) mass is 424 g/mol. The highest BCUT2D eigenvalue weighted by molar-refractivity contribution is 6.32. The molecule has 0 spiro atoms. The molecule has 4 nitrogen and oxygen atoms in total. The molecule has 3 rings (SSSR count). The number of alkyl halides is 3. The summed E-state index contributed by atoms with van der Waals surface area (Å²) in [6.45, 7) is 1.51. The van der Waals surface area contributed by atoms with Gasteiger partial charge in [0.2, 0.25) is 5.88 Å². The zero-order valence-corrected chi connectivity index (χ0v) is 15.6. The van der Waals surface area contributed by atoms with Gasteiger partial charge < -0.3 is 10.5 Å². The van der Waals surface area contributed by atoms with E-state index in [1.807, 2.05) is 0 Å². The van der Waals surface area contributed by atoms with Crippen LogP contribution in [0.3, 0.4) is 0 Å². The van der Waals surface area contributed by atoms with Crippen LogP contribution in [-0.2, 0) is 6.18 Å². The van der Waals surface area contributed by atoms with Crippen molar-refractivity contribution in [2.75, 3.05) is 0 Å². The Bertz CT molecular complexity index is 1100. The molecule has 0 aliphatic carbocycles. The molecule has 0 radical (unpaired) electrons. The average molecular weight is 425 g/mol. The molecular weight excluding hydrogens is 412 g/mol. The molecule has 9 heteroatoms. The van der Waals surface area contributed by atoms with E-state index < -0.39 is 34.9 Å². The van der Waals surface area contributed by atoms with Crippen molar-refractivity contribution in [3.8, 4) is 22.9 Å². The molecule has 1 amide bonds.